The Hall–Kier alpha value is -1.57. The van der Waals surface area contributed by atoms with Gasteiger partial charge < -0.3 is 4.74 Å². The Bertz CT molecular complexity index is 724. The molecule has 2 heteroatoms. The number of allylic oxidation sites excluding steroid dienone is 2. The Labute approximate surface area is 203 Å². The van der Waals surface area contributed by atoms with Crippen molar-refractivity contribution in [3.8, 4) is 0 Å². The lowest BCUT2D eigenvalue weighted by Gasteiger charge is -2.28. The van der Waals surface area contributed by atoms with Crippen molar-refractivity contribution < 1.29 is 9.53 Å². The van der Waals surface area contributed by atoms with Crippen LogP contribution in [-0.4, -0.2) is 12.1 Å². The quantitative estimate of drug-likeness (QED) is 0.233. The fourth-order valence-corrected chi connectivity index (χ4v) is 5.72. The fourth-order valence-electron chi connectivity index (χ4n) is 5.72. The number of carbonyl (C=O) groups excluding carboxylic acids is 1. The van der Waals surface area contributed by atoms with Gasteiger partial charge in [-0.1, -0.05) is 83.9 Å². The van der Waals surface area contributed by atoms with Gasteiger partial charge in [-0.2, -0.15) is 0 Å². The summed E-state index contributed by atoms with van der Waals surface area (Å²) in [5.74, 6) is 2.38. The summed E-state index contributed by atoms with van der Waals surface area (Å²) in [5.41, 5.74) is 3.42. The van der Waals surface area contributed by atoms with Gasteiger partial charge in [-0.05, 0) is 92.4 Å². The number of rotatable bonds is 12. The molecule has 0 N–H and O–H groups in total. The van der Waals surface area contributed by atoms with Crippen LogP contribution in [0.1, 0.15) is 133 Å². The summed E-state index contributed by atoms with van der Waals surface area (Å²) in [7, 11) is 0. The first-order chi connectivity index (χ1) is 16.1. The average Bonchev–Trinajstić information content (AvgIpc) is 2.85. The number of hydrogen-bond donors (Lipinski definition) is 0. The highest BCUT2D eigenvalue weighted by atomic mass is 16.5. The van der Waals surface area contributed by atoms with E-state index in [-0.39, 0.29) is 12.1 Å². The van der Waals surface area contributed by atoms with Crippen molar-refractivity contribution >= 4 is 11.5 Å². The van der Waals surface area contributed by atoms with Crippen LogP contribution in [0.5, 0.6) is 0 Å². The van der Waals surface area contributed by atoms with E-state index in [0.717, 1.165) is 37.0 Å². The Kier molecular flexibility index (Phi) is 11.0. The maximum atomic E-state index is 12.7. The highest BCUT2D eigenvalue weighted by Crippen LogP contribution is 2.34. The summed E-state index contributed by atoms with van der Waals surface area (Å²) in [6.07, 6.45) is 21.5. The van der Waals surface area contributed by atoms with E-state index >= 15 is 0 Å². The van der Waals surface area contributed by atoms with Crippen molar-refractivity contribution in [1.82, 2.24) is 0 Å². The van der Waals surface area contributed by atoms with E-state index in [4.69, 9.17) is 4.74 Å². The van der Waals surface area contributed by atoms with Crippen molar-refractivity contribution in [2.24, 2.45) is 17.8 Å². The van der Waals surface area contributed by atoms with Gasteiger partial charge in [0.1, 0.15) is 6.10 Å². The minimum absolute atomic E-state index is 0.108. The monoisotopic (exact) mass is 452 g/mol. The third kappa shape index (κ3) is 8.62. The molecule has 2 aliphatic rings. The van der Waals surface area contributed by atoms with Gasteiger partial charge in [0.15, 0.2) is 0 Å². The van der Waals surface area contributed by atoms with E-state index in [2.05, 4.69) is 39.0 Å². The number of unbranched alkanes of at least 4 members (excludes halogenated alkanes) is 4. The average molecular weight is 453 g/mol. The van der Waals surface area contributed by atoms with Crippen LogP contribution in [0.2, 0.25) is 0 Å². The second-order valence-electron chi connectivity index (χ2n) is 10.9. The van der Waals surface area contributed by atoms with Crippen LogP contribution in [-0.2, 0) is 4.74 Å². The van der Waals surface area contributed by atoms with E-state index in [1.165, 1.54) is 88.2 Å². The minimum Gasteiger partial charge on any atom is -0.459 e. The van der Waals surface area contributed by atoms with Crippen molar-refractivity contribution in [2.45, 2.75) is 123 Å². The van der Waals surface area contributed by atoms with Gasteiger partial charge in [-0.3, -0.25) is 0 Å². The Balaban J connectivity index is 1.39. The molecule has 2 unspecified atom stereocenters. The van der Waals surface area contributed by atoms with Gasteiger partial charge >= 0.3 is 5.97 Å². The molecule has 2 nitrogen and oxygen atoms in total. The molecule has 2 atom stereocenters. The summed E-state index contributed by atoms with van der Waals surface area (Å²) in [4.78, 5) is 12.7. The molecule has 1 aromatic carbocycles. The third-order valence-corrected chi connectivity index (χ3v) is 8.23. The topological polar surface area (TPSA) is 26.3 Å². The van der Waals surface area contributed by atoms with Gasteiger partial charge in [0.2, 0.25) is 0 Å². The normalized spacial score (nSPS) is 24.2. The lowest BCUT2D eigenvalue weighted by atomic mass is 9.81. The van der Waals surface area contributed by atoms with Gasteiger partial charge in [-0.25, -0.2) is 4.79 Å². The summed E-state index contributed by atoms with van der Waals surface area (Å²) in [5, 5.41) is 0. The number of hydrogen-bond acceptors (Lipinski definition) is 2. The Morgan fingerprint density at radius 2 is 1.67 bits per heavy atom. The predicted molar refractivity (Wildman–Crippen MR) is 140 cm³/mol. The molecular formula is C31H48O2. The third-order valence-electron chi connectivity index (χ3n) is 8.23. The van der Waals surface area contributed by atoms with Crippen LogP contribution in [0.3, 0.4) is 0 Å². The summed E-state index contributed by atoms with van der Waals surface area (Å²) >= 11 is 0. The molecule has 33 heavy (non-hydrogen) atoms. The van der Waals surface area contributed by atoms with Gasteiger partial charge in [-0.15, -0.1) is 0 Å². The van der Waals surface area contributed by atoms with Crippen molar-refractivity contribution in [1.29, 1.82) is 0 Å². The zero-order valence-corrected chi connectivity index (χ0v) is 21.6. The summed E-state index contributed by atoms with van der Waals surface area (Å²) in [6.45, 7) is 6.94. The molecule has 2 aliphatic carbocycles. The van der Waals surface area contributed by atoms with Crippen LogP contribution in [0.15, 0.2) is 30.3 Å². The van der Waals surface area contributed by atoms with E-state index in [1.54, 1.807) is 0 Å². The molecule has 184 valence electrons. The smallest absolute Gasteiger partial charge is 0.338 e. The number of carbonyl (C=O) groups is 1. The molecule has 1 aromatic rings. The maximum Gasteiger partial charge on any atom is 0.338 e. The molecule has 1 fully saturated rings. The second-order valence-corrected chi connectivity index (χ2v) is 10.9. The Morgan fingerprint density at radius 3 is 2.30 bits per heavy atom. The van der Waals surface area contributed by atoms with Crippen LogP contribution in [0, 0.1) is 17.8 Å². The summed E-state index contributed by atoms with van der Waals surface area (Å²) in [6, 6.07) is 8.16. The number of benzene rings is 1. The SMILES string of the molecule is CCCCCCCC1CCC(OC(=O)c2ccc(C3=CCC(CC(C)CC)CC3)cc2)CC1. The van der Waals surface area contributed by atoms with Crippen molar-refractivity contribution in [2.75, 3.05) is 0 Å². The molecule has 1 saturated carbocycles. The molecule has 0 saturated heterocycles. The lowest BCUT2D eigenvalue weighted by Crippen LogP contribution is -2.24. The largest absolute Gasteiger partial charge is 0.459 e. The standard InChI is InChI=1S/C31H48O2/c1-4-6-7-8-9-10-25-13-21-30(22-14-25)33-31(32)29-19-17-28(18-20-29)27-15-11-26(12-16-27)23-24(3)5-2/h15,17-20,24-26,30H,4-14,16,21-23H2,1-3H3. The highest BCUT2D eigenvalue weighted by molar-refractivity contribution is 5.90. The maximum absolute atomic E-state index is 12.7. The number of esters is 1. The second kappa shape index (κ2) is 14.0. The van der Waals surface area contributed by atoms with Gasteiger partial charge in [0.25, 0.3) is 0 Å². The number of ether oxygens (including phenoxy) is 1. The van der Waals surface area contributed by atoms with E-state index < -0.39 is 0 Å². The van der Waals surface area contributed by atoms with Crippen molar-refractivity contribution in [3.63, 3.8) is 0 Å². The first-order valence-electron chi connectivity index (χ1n) is 14.1. The first kappa shape index (κ1) is 26.0. The zero-order chi connectivity index (χ0) is 23.5. The highest BCUT2D eigenvalue weighted by Gasteiger charge is 2.24. The van der Waals surface area contributed by atoms with Crippen molar-refractivity contribution in [3.05, 3.63) is 41.5 Å². The summed E-state index contributed by atoms with van der Waals surface area (Å²) < 4.78 is 5.88. The fraction of sp³-hybridized carbons (Fsp3) is 0.710. The molecule has 0 radical (unpaired) electrons. The van der Waals surface area contributed by atoms with E-state index in [0.29, 0.717) is 5.56 Å². The van der Waals surface area contributed by atoms with Crippen LogP contribution >= 0.6 is 0 Å². The predicted octanol–water partition coefficient (Wildman–Crippen LogP) is 9.38. The molecule has 0 aromatic heterocycles. The van der Waals surface area contributed by atoms with Crippen LogP contribution in [0.4, 0.5) is 0 Å². The van der Waals surface area contributed by atoms with Gasteiger partial charge in [0.05, 0.1) is 5.56 Å². The van der Waals surface area contributed by atoms with E-state index in [1.807, 2.05) is 12.1 Å². The molecular weight excluding hydrogens is 404 g/mol. The molecule has 0 bridgehead atoms. The van der Waals surface area contributed by atoms with Gasteiger partial charge in [0, 0.05) is 0 Å². The first-order valence-corrected chi connectivity index (χ1v) is 14.1. The lowest BCUT2D eigenvalue weighted by molar-refractivity contribution is 0.0161. The molecule has 0 aliphatic heterocycles. The molecule has 3 rings (SSSR count). The van der Waals surface area contributed by atoms with E-state index in [9.17, 15) is 4.79 Å². The molecule has 0 spiro atoms. The van der Waals surface area contributed by atoms with Crippen LogP contribution < -0.4 is 0 Å². The molecule has 0 amide bonds. The van der Waals surface area contributed by atoms with Crippen LogP contribution in [0.25, 0.3) is 5.57 Å². The minimum atomic E-state index is -0.143. The Morgan fingerprint density at radius 1 is 0.939 bits per heavy atom. The zero-order valence-electron chi connectivity index (χ0n) is 21.6. The molecule has 0 heterocycles.